The highest BCUT2D eigenvalue weighted by molar-refractivity contribution is 7.90. The van der Waals surface area contributed by atoms with Crippen molar-refractivity contribution in [2.45, 2.75) is 4.90 Å². The molecule has 0 atom stereocenters. The van der Waals surface area contributed by atoms with E-state index in [4.69, 9.17) is 0 Å². The SMILES string of the molecule is CNC(=O)c1nc(-c2cscc2NC(=O)NS(=O)(=O)c2ccccc2)[nH]c(=O)c1O. The molecule has 0 saturated carbocycles. The van der Waals surface area contributed by atoms with Gasteiger partial charge in [0.25, 0.3) is 21.5 Å². The summed E-state index contributed by atoms with van der Waals surface area (Å²) in [5, 5.41) is 17.4. The fourth-order valence-corrected chi connectivity index (χ4v) is 4.07. The zero-order valence-corrected chi connectivity index (χ0v) is 16.9. The van der Waals surface area contributed by atoms with Crippen molar-refractivity contribution < 1.29 is 23.1 Å². The predicted molar refractivity (Wildman–Crippen MR) is 109 cm³/mol. The van der Waals surface area contributed by atoms with Crippen molar-refractivity contribution in [3.63, 3.8) is 0 Å². The molecule has 3 amide bonds. The molecule has 11 nitrogen and oxygen atoms in total. The van der Waals surface area contributed by atoms with E-state index in [2.05, 4.69) is 20.6 Å². The Labute approximate surface area is 173 Å². The highest BCUT2D eigenvalue weighted by atomic mass is 32.2. The normalized spacial score (nSPS) is 11.0. The van der Waals surface area contributed by atoms with Crippen LogP contribution in [0.2, 0.25) is 0 Å². The van der Waals surface area contributed by atoms with E-state index in [0.717, 1.165) is 11.3 Å². The maximum atomic E-state index is 12.3. The number of aromatic hydroxyl groups is 1. The number of urea groups is 1. The lowest BCUT2D eigenvalue weighted by Gasteiger charge is -2.10. The Morgan fingerprint density at radius 3 is 2.53 bits per heavy atom. The van der Waals surface area contributed by atoms with Gasteiger partial charge >= 0.3 is 6.03 Å². The highest BCUT2D eigenvalue weighted by Gasteiger charge is 2.21. The third kappa shape index (κ3) is 4.31. The van der Waals surface area contributed by atoms with Gasteiger partial charge < -0.3 is 20.7 Å². The van der Waals surface area contributed by atoms with Gasteiger partial charge in [0, 0.05) is 17.8 Å². The molecule has 30 heavy (non-hydrogen) atoms. The quantitative estimate of drug-likeness (QED) is 0.388. The monoisotopic (exact) mass is 449 g/mol. The Hall–Kier alpha value is -3.71. The van der Waals surface area contributed by atoms with Crippen LogP contribution in [0.15, 0.2) is 50.8 Å². The largest absolute Gasteiger partial charge is 0.501 e. The fourth-order valence-electron chi connectivity index (χ4n) is 2.38. The average molecular weight is 449 g/mol. The number of benzene rings is 1. The topological polar surface area (TPSA) is 170 Å². The van der Waals surface area contributed by atoms with Gasteiger partial charge in [0.1, 0.15) is 5.82 Å². The average Bonchev–Trinajstić information content (AvgIpc) is 3.17. The fraction of sp³-hybridized carbons (Fsp3) is 0.0588. The number of rotatable bonds is 5. The minimum Gasteiger partial charge on any atom is -0.501 e. The minimum absolute atomic E-state index is 0.0922. The van der Waals surface area contributed by atoms with Crippen LogP contribution < -0.4 is 20.9 Å². The Morgan fingerprint density at radius 2 is 1.87 bits per heavy atom. The number of hydrogen-bond acceptors (Lipinski definition) is 8. The Bertz CT molecular complexity index is 1270. The molecule has 0 saturated heterocycles. The molecule has 0 aliphatic rings. The number of carbonyl (C=O) groups is 2. The molecule has 0 fully saturated rings. The van der Waals surface area contributed by atoms with E-state index in [0.29, 0.717) is 0 Å². The summed E-state index contributed by atoms with van der Waals surface area (Å²) in [6.45, 7) is 0. The van der Waals surface area contributed by atoms with Crippen molar-refractivity contribution in [2.24, 2.45) is 0 Å². The summed E-state index contributed by atoms with van der Waals surface area (Å²) in [5.41, 5.74) is -1.09. The van der Waals surface area contributed by atoms with Crippen molar-refractivity contribution >= 4 is 39.0 Å². The molecule has 2 heterocycles. The molecule has 5 N–H and O–H groups in total. The van der Waals surface area contributed by atoms with Gasteiger partial charge in [-0.25, -0.2) is 22.9 Å². The molecule has 3 rings (SSSR count). The van der Waals surface area contributed by atoms with Gasteiger partial charge in [0.15, 0.2) is 5.69 Å². The second-order valence-electron chi connectivity index (χ2n) is 5.76. The number of anilines is 1. The van der Waals surface area contributed by atoms with Crippen molar-refractivity contribution in [3.05, 3.63) is 57.1 Å². The first kappa shape index (κ1) is 21.0. The predicted octanol–water partition coefficient (Wildman–Crippen LogP) is 1.07. The summed E-state index contributed by atoms with van der Waals surface area (Å²) in [5.74, 6) is -1.73. The number of hydrogen-bond donors (Lipinski definition) is 5. The van der Waals surface area contributed by atoms with Crippen LogP contribution >= 0.6 is 11.3 Å². The molecule has 0 aliphatic carbocycles. The van der Waals surface area contributed by atoms with Crippen LogP contribution in [0.3, 0.4) is 0 Å². The molecule has 0 spiro atoms. The molecule has 1 aromatic carbocycles. The zero-order valence-electron chi connectivity index (χ0n) is 15.3. The second-order valence-corrected chi connectivity index (χ2v) is 8.19. The number of aromatic amines is 1. The van der Waals surface area contributed by atoms with E-state index in [1.54, 1.807) is 6.07 Å². The number of carbonyl (C=O) groups excluding carboxylic acids is 2. The first-order chi connectivity index (χ1) is 14.2. The summed E-state index contributed by atoms with van der Waals surface area (Å²) in [4.78, 5) is 42.2. The van der Waals surface area contributed by atoms with Crippen LogP contribution in [0.1, 0.15) is 10.5 Å². The number of nitrogens with zero attached hydrogens (tertiary/aromatic N) is 1. The molecule has 0 radical (unpaired) electrons. The maximum Gasteiger partial charge on any atom is 0.333 e. The summed E-state index contributed by atoms with van der Waals surface area (Å²) >= 11 is 1.13. The molecule has 2 aromatic heterocycles. The summed E-state index contributed by atoms with van der Waals surface area (Å²) in [6.07, 6.45) is 0. The summed E-state index contributed by atoms with van der Waals surface area (Å²) in [7, 11) is -2.79. The van der Waals surface area contributed by atoms with Gasteiger partial charge in [0.2, 0.25) is 5.75 Å². The number of sulfonamides is 1. The number of nitrogens with one attached hydrogen (secondary N) is 4. The number of H-pyrrole nitrogens is 1. The van der Waals surface area contributed by atoms with E-state index >= 15 is 0 Å². The smallest absolute Gasteiger partial charge is 0.333 e. The number of thiophene rings is 1. The number of amides is 3. The van der Waals surface area contributed by atoms with Gasteiger partial charge in [-0.1, -0.05) is 18.2 Å². The molecule has 0 aliphatic heterocycles. The first-order valence-electron chi connectivity index (χ1n) is 8.23. The maximum absolute atomic E-state index is 12.3. The lowest BCUT2D eigenvalue weighted by atomic mass is 10.2. The van der Waals surface area contributed by atoms with Gasteiger partial charge in [0.05, 0.1) is 16.1 Å². The lowest BCUT2D eigenvalue weighted by Crippen LogP contribution is -2.34. The second kappa shape index (κ2) is 8.34. The third-order valence-corrected chi connectivity index (χ3v) is 5.87. The molecular formula is C17H15N5O6S2. The zero-order chi connectivity index (χ0) is 21.9. The van der Waals surface area contributed by atoms with Crippen LogP contribution in [-0.2, 0) is 10.0 Å². The van der Waals surface area contributed by atoms with Crippen LogP contribution in [0.4, 0.5) is 10.5 Å². The summed E-state index contributed by atoms with van der Waals surface area (Å²) in [6, 6.07) is 6.29. The van der Waals surface area contributed by atoms with Crippen molar-refractivity contribution in [1.82, 2.24) is 20.0 Å². The van der Waals surface area contributed by atoms with Crippen molar-refractivity contribution in [1.29, 1.82) is 0 Å². The van der Waals surface area contributed by atoms with Crippen molar-refractivity contribution in [3.8, 4) is 17.1 Å². The van der Waals surface area contributed by atoms with E-state index in [-0.39, 0.29) is 22.0 Å². The molecule has 3 aromatic rings. The van der Waals surface area contributed by atoms with Crippen LogP contribution in [-0.4, -0.2) is 42.5 Å². The molecule has 0 bridgehead atoms. The van der Waals surface area contributed by atoms with Gasteiger partial charge in [-0.2, -0.15) is 0 Å². The van der Waals surface area contributed by atoms with Crippen LogP contribution in [0, 0.1) is 0 Å². The standard InChI is InChI=1S/C17H15N5O6S2/c1-18-15(24)12-13(23)16(25)21-14(20-12)10-7-29-8-11(10)19-17(26)22-30(27,28)9-5-3-2-4-6-9/h2-8,23H,1H3,(H,18,24)(H2,19,22,26)(H,20,21,25). The Kier molecular flexibility index (Phi) is 5.84. The van der Waals surface area contributed by atoms with E-state index in [1.165, 1.54) is 42.1 Å². The molecule has 13 heteroatoms. The lowest BCUT2D eigenvalue weighted by molar-refractivity contribution is 0.0954. The first-order valence-corrected chi connectivity index (χ1v) is 10.7. The van der Waals surface area contributed by atoms with Crippen LogP contribution in [0.25, 0.3) is 11.4 Å². The van der Waals surface area contributed by atoms with Crippen molar-refractivity contribution in [2.75, 3.05) is 12.4 Å². The van der Waals surface area contributed by atoms with Gasteiger partial charge in [-0.15, -0.1) is 11.3 Å². The van der Waals surface area contributed by atoms with E-state index < -0.39 is 39.0 Å². The van der Waals surface area contributed by atoms with Gasteiger partial charge in [-0.3, -0.25) is 9.59 Å². The van der Waals surface area contributed by atoms with Crippen LogP contribution in [0.5, 0.6) is 5.75 Å². The van der Waals surface area contributed by atoms with Gasteiger partial charge in [-0.05, 0) is 12.1 Å². The van der Waals surface area contributed by atoms with E-state index in [9.17, 15) is 27.9 Å². The molecule has 156 valence electrons. The number of aromatic nitrogens is 2. The highest BCUT2D eigenvalue weighted by Crippen LogP contribution is 2.29. The Morgan fingerprint density at radius 1 is 1.17 bits per heavy atom. The molecular weight excluding hydrogens is 434 g/mol. The third-order valence-electron chi connectivity index (χ3n) is 3.78. The van der Waals surface area contributed by atoms with E-state index in [1.807, 2.05) is 4.72 Å². The molecule has 0 unspecified atom stereocenters. The minimum atomic E-state index is -4.09. The summed E-state index contributed by atoms with van der Waals surface area (Å²) < 4.78 is 26.4. The Balaban J connectivity index is 1.88.